The molecule has 0 N–H and O–H groups in total. The number of likely N-dealkylation sites (tertiary alicyclic amines) is 1. The number of ether oxygens (including phenoxy) is 2. The Labute approximate surface area is 161 Å². The Bertz CT molecular complexity index is 589. The van der Waals surface area contributed by atoms with Crippen molar-refractivity contribution in [2.75, 3.05) is 53.1 Å². The average molecular weight is 380 g/mol. The highest BCUT2D eigenvalue weighted by Gasteiger charge is 2.47. The fourth-order valence-electron chi connectivity index (χ4n) is 5.46. The lowest BCUT2D eigenvalue weighted by molar-refractivity contribution is -0.0869. The minimum Gasteiger partial charge on any atom is -0.384 e. The molecule has 146 valence electrons. The van der Waals surface area contributed by atoms with E-state index in [1.54, 1.807) is 11.3 Å². The molecular weight excluding hydrogens is 346 g/mol. The lowest BCUT2D eigenvalue weighted by Crippen LogP contribution is -2.56. The van der Waals surface area contributed by atoms with Gasteiger partial charge < -0.3 is 9.47 Å². The van der Waals surface area contributed by atoms with Gasteiger partial charge >= 0.3 is 0 Å². The van der Waals surface area contributed by atoms with Gasteiger partial charge in [-0.3, -0.25) is 9.80 Å². The molecule has 6 heteroatoms. The smallest absolute Gasteiger partial charge is 0.0798 e. The summed E-state index contributed by atoms with van der Waals surface area (Å²) in [5, 5.41) is 0. The van der Waals surface area contributed by atoms with E-state index in [4.69, 9.17) is 9.47 Å². The summed E-state index contributed by atoms with van der Waals surface area (Å²) in [6, 6.07) is 0.754. The molecule has 0 unspecified atom stereocenters. The van der Waals surface area contributed by atoms with E-state index < -0.39 is 0 Å². The molecule has 26 heavy (non-hydrogen) atoms. The quantitative estimate of drug-likeness (QED) is 0.786. The van der Waals surface area contributed by atoms with E-state index in [2.05, 4.69) is 21.7 Å². The van der Waals surface area contributed by atoms with Gasteiger partial charge in [0.15, 0.2) is 0 Å². The molecule has 2 aliphatic heterocycles. The molecule has 3 atom stereocenters. The summed E-state index contributed by atoms with van der Waals surface area (Å²) < 4.78 is 11.3. The molecule has 2 saturated heterocycles. The Kier molecular flexibility index (Phi) is 5.96. The van der Waals surface area contributed by atoms with Crippen LogP contribution in [-0.2, 0) is 16.0 Å². The fraction of sp³-hybridized carbons (Fsp3) is 0.850. The third kappa shape index (κ3) is 3.85. The second-order valence-electron chi connectivity index (χ2n) is 8.43. The molecular formula is C20H33N3O2S. The molecule has 1 aromatic rings. The van der Waals surface area contributed by atoms with Crippen LogP contribution in [0.4, 0.5) is 0 Å². The number of piperidine rings is 1. The van der Waals surface area contributed by atoms with Crippen LogP contribution in [0.3, 0.4) is 0 Å². The monoisotopic (exact) mass is 379 g/mol. The molecule has 0 bridgehead atoms. The van der Waals surface area contributed by atoms with E-state index in [-0.39, 0.29) is 0 Å². The molecule has 1 aromatic heterocycles. The van der Waals surface area contributed by atoms with E-state index >= 15 is 0 Å². The Hall–Kier alpha value is -0.530. The van der Waals surface area contributed by atoms with E-state index in [1.165, 1.54) is 49.3 Å². The number of fused-ring (bicyclic) bond motifs is 1. The van der Waals surface area contributed by atoms with Gasteiger partial charge in [-0.25, -0.2) is 4.98 Å². The van der Waals surface area contributed by atoms with Crippen LogP contribution < -0.4 is 0 Å². The molecule has 0 radical (unpaired) electrons. The molecule has 0 aromatic carbocycles. The van der Waals surface area contributed by atoms with Crippen molar-refractivity contribution >= 4 is 11.3 Å². The van der Waals surface area contributed by atoms with E-state index in [1.807, 2.05) is 12.6 Å². The van der Waals surface area contributed by atoms with Crippen LogP contribution in [0.1, 0.15) is 36.3 Å². The molecule has 5 nitrogen and oxygen atoms in total. The Morgan fingerprint density at radius 1 is 1.31 bits per heavy atom. The van der Waals surface area contributed by atoms with Crippen LogP contribution in [0.2, 0.25) is 0 Å². The molecule has 3 heterocycles. The number of morpholine rings is 1. The Morgan fingerprint density at radius 2 is 2.15 bits per heavy atom. The fourth-order valence-corrected chi connectivity index (χ4v) is 6.28. The van der Waals surface area contributed by atoms with Gasteiger partial charge in [0.05, 0.1) is 31.0 Å². The van der Waals surface area contributed by atoms with Crippen LogP contribution in [0.25, 0.3) is 0 Å². The summed E-state index contributed by atoms with van der Waals surface area (Å²) in [6.45, 7) is 10.5. The molecule has 3 fully saturated rings. The highest BCUT2D eigenvalue weighted by molar-refractivity contribution is 7.09. The van der Waals surface area contributed by atoms with Gasteiger partial charge in [0.1, 0.15) is 0 Å². The first-order valence-corrected chi connectivity index (χ1v) is 11.0. The first-order chi connectivity index (χ1) is 12.7. The van der Waals surface area contributed by atoms with Gasteiger partial charge in [0.2, 0.25) is 0 Å². The Balaban J connectivity index is 1.43. The zero-order chi connectivity index (χ0) is 18.0. The van der Waals surface area contributed by atoms with Crippen LogP contribution in [-0.4, -0.2) is 73.9 Å². The second kappa shape index (κ2) is 8.23. The number of nitrogens with zero attached hydrogens (tertiary/aromatic N) is 3. The summed E-state index contributed by atoms with van der Waals surface area (Å²) in [7, 11) is 1.88. The summed E-state index contributed by atoms with van der Waals surface area (Å²) in [6.07, 6.45) is 5.26. The maximum atomic E-state index is 5.76. The van der Waals surface area contributed by atoms with E-state index in [9.17, 15) is 0 Å². The van der Waals surface area contributed by atoms with Gasteiger partial charge in [0.25, 0.3) is 0 Å². The Morgan fingerprint density at radius 3 is 2.88 bits per heavy atom. The summed E-state index contributed by atoms with van der Waals surface area (Å²) in [4.78, 5) is 11.2. The molecule has 1 saturated carbocycles. The number of methoxy groups -OCH3 is 1. The zero-order valence-electron chi connectivity index (χ0n) is 16.3. The van der Waals surface area contributed by atoms with Crippen molar-refractivity contribution in [2.45, 2.75) is 45.2 Å². The predicted molar refractivity (Wildman–Crippen MR) is 105 cm³/mol. The number of aryl methyl sites for hydroxylation is 1. The van der Waals surface area contributed by atoms with Gasteiger partial charge in [-0.05, 0) is 45.1 Å². The molecule has 1 aliphatic carbocycles. The highest BCUT2D eigenvalue weighted by Crippen LogP contribution is 2.48. The van der Waals surface area contributed by atoms with Gasteiger partial charge in [-0.1, -0.05) is 0 Å². The van der Waals surface area contributed by atoms with E-state index in [0.29, 0.717) is 5.41 Å². The lowest BCUT2D eigenvalue weighted by Gasteiger charge is -2.54. The second-order valence-corrected chi connectivity index (χ2v) is 9.37. The number of hydrogen-bond acceptors (Lipinski definition) is 6. The summed E-state index contributed by atoms with van der Waals surface area (Å²) in [5.74, 6) is 0.794. The number of hydrogen-bond donors (Lipinski definition) is 0. The van der Waals surface area contributed by atoms with Crippen LogP contribution in [0.15, 0.2) is 5.51 Å². The standard InChI is InChI=1S/C20H33N3O2S/c1-16-19(26-15-21-16)12-22-6-4-17-11-18(23-7-9-25-10-8-23)3-5-20(17,13-22)14-24-2/h15,17-18H,3-14H2,1-2H3/t17-,18-,20+/m1/s1. The third-order valence-electron chi connectivity index (χ3n) is 6.94. The largest absolute Gasteiger partial charge is 0.384 e. The van der Waals surface area contributed by atoms with Crippen molar-refractivity contribution < 1.29 is 9.47 Å². The predicted octanol–water partition coefficient (Wildman–Crippen LogP) is 2.79. The number of aromatic nitrogens is 1. The van der Waals surface area contributed by atoms with Crippen LogP contribution in [0, 0.1) is 18.3 Å². The number of thiazole rings is 1. The van der Waals surface area contributed by atoms with Crippen molar-refractivity contribution in [3.8, 4) is 0 Å². The molecule has 0 amide bonds. The normalized spacial score (nSPS) is 33.9. The third-order valence-corrected chi connectivity index (χ3v) is 7.86. The van der Waals surface area contributed by atoms with Gasteiger partial charge in [0, 0.05) is 49.6 Å². The van der Waals surface area contributed by atoms with Crippen molar-refractivity contribution in [1.29, 1.82) is 0 Å². The summed E-state index contributed by atoms with van der Waals surface area (Å²) >= 11 is 1.80. The van der Waals surface area contributed by atoms with Gasteiger partial charge in [-0.2, -0.15) is 0 Å². The zero-order valence-corrected chi connectivity index (χ0v) is 17.1. The average Bonchev–Trinajstić information content (AvgIpc) is 3.07. The highest BCUT2D eigenvalue weighted by atomic mass is 32.1. The summed E-state index contributed by atoms with van der Waals surface area (Å²) in [5.41, 5.74) is 3.53. The maximum absolute atomic E-state index is 5.76. The minimum atomic E-state index is 0.342. The van der Waals surface area contributed by atoms with Gasteiger partial charge in [-0.15, -0.1) is 11.3 Å². The lowest BCUT2D eigenvalue weighted by atomic mass is 9.62. The topological polar surface area (TPSA) is 37.8 Å². The van der Waals surface area contributed by atoms with Crippen LogP contribution >= 0.6 is 11.3 Å². The maximum Gasteiger partial charge on any atom is 0.0798 e. The molecule has 4 rings (SSSR count). The molecule has 3 aliphatic rings. The van der Waals surface area contributed by atoms with Crippen LogP contribution in [0.5, 0.6) is 0 Å². The van der Waals surface area contributed by atoms with Crippen molar-refractivity contribution in [3.05, 3.63) is 16.1 Å². The first-order valence-electron chi connectivity index (χ1n) is 10.1. The van der Waals surface area contributed by atoms with Crippen molar-refractivity contribution in [2.24, 2.45) is 11.3 Å². The van der Waals surface area contributed by atoms with E-state index in [0.717, 1.165) is 51.4 Å². The van der Waals surface area contributed by atoms with Crippen molar-refractivity contribution in [1.82, 2.24) is 14.8 Å². The molecule has 0 spiro atoms. The van der Waals surface area contributed by atoms with Crippen molar-refractivity contribution in [3.63, 3.8) is 0 Å². The minimum absolute atomic E-state index is 0.342. The number of rotatable bonds is 5. The SMILES string of the molecule is COC[C@@]12CC[C@@H](N3CCOCC3)C[C@H]1CCN(Cc1scnc1C)C2. The first kappa shape index (κ1) is 18.8.